The van der Waals surface area contributed by atoms with Crippen LogP contribution in [0.4, 0.5) is 5.69 Å². The van der Waals surface area contributed by atoms with Crippen LogP contribution in [0.25, 0.3) is 0 Å². The number of anilines is 1. The molecule has 2 rings (SSSR count). The number of aromatic nitrogens is 1. The van der Waals surface area contributed by atoms with Crippen LogP contribution in [0, 0.1) is 3.95 Å². The first-order chi connectivity index (χ1) is 8.08. The molecule has 5 nitrogen and oxygen atoms in total. The van der Waals surface area contributed by atoms with E-state index in [2.05, 4.69) is 5.43 Å². The second-order valence-corrected chi connectivity index (χ2v) is 4.70. The maximum Gasteiger partial charge on any atom is 0.335 e. The van der Waals surface area contributed by atoms with Gasteiger partial charge in [-0.3, -0.25) is 5.43 Å². The largest absolute Gasteiger partial charge is 0.493 e. The van der Waals surface area contributed by atoms with E-state index in [1.807, 2.05) is 0 Å². The smallest absolute Gasteiger partial charge is 0.335 e. The van der Waals surface area contributed by atoms with Crippen molar-refractivity contribution in [2.45, 2.75) is 0 Å². The van der Waals surface area contributed by atoms with Gasteiger partial charge in [0.15, 0.2) is 3.95 Å². The van der Waals surface area contributed by atoms with Crippen LogP contribution >= 0.6 is 23.6 Å². The number of aromatic carboxylic acids is 1. The first kappa shape index (κ1) is 11.6. The van der Waals surface area contributed by atoms with Crippen molar-refractivity contribution in [2.75, 3.05) is 5.43 Å². The van der Waals surface area contributed by atoms with Gasteiger partial charge >= 0.3 is 5.97 Å². The summed E-state index contributed by atoms with van der Waals surface area (Å²) in [5, 5.41) is 19.8. The Hall–Kier alpha value is -1.86. The van der Waals surface area contributed by atoms with Gasteiger partial charge in [0, 0.05) is 0 Å². The first-order valence-corrected chi connectivity index (χ1v) is 5.86. The topological polar surface area (TPSA) is 74.5 Å². The van der Waals surface area contributed by atoms with Crippen LogP contribution in [0.3, 0.4) is 0 Å². The number of nitrogens with one attached hydrogen (secondary N) is 1. The molecule has 1 aromatic heterocycles. The van der Waals surface area contributed by atoms with E-state index in [4.69, 9.17) is 17.3 Å². The highest BCUT2D eigenvalue weighted by atomic mass is 32.1. The van der Waals surface area contributed by atoms with Gasteiger partial charge in [-0.15, -0.1) is 11.3 Å². The van der Waals surface area contributed by atoms with E-state index >= 15 is 0 Å². The zero-order valence-corrected chi connectivity index (χ0v) is 10.1. The lowest BCUT2D eigenvalue weighted by molar-refractivity contribution is 0.0697. The third kappa shape index (κ3) is 2.45. The molecule has 0 aliphatic carbocycles. The maximum atomic E-state index is 10.8. The van der Waals surface area contributed by atoms with E-state index in [0.717, 1.165) is 0 Å². The summed E-state index contributed by atoms with van der Waals surface area (Å²) >= 11 is 6.21. The van der Waals surface area contributed by atoms with Crippen LogP contribution in [-0.2, 0) is 0 Å². The highest BCUT2D eigenvalue weighted by Gasteiger charge is 2.05. The van der Waals surface area contributed by atoms with Gasteiger partial charge in [-0.05, 0) is 30.4 Å². The number of hydrogen-bond donors (Lipinski definition) is 3. The Morgan fingerprint density at radius 2 is 2.24 bits per heavy atom. The van der Waals surface area contributed by atoms with Crippen LogP contribution in [0.2, 0.25) is 0 Å². The van der Waals surface area contributed by atoms with Crippen LogP contribution in [0.5, 0.6) is 5.88 Å². The molecule has 0 bridgehead atoms. The molecule has 1 aromatic carbocycles. The summed E-state index contributed by atoms with van der Waals surface area (Å²) in [5.41, 5.74) is 3.53. The second-order valence-electron chi connectivity index (χ2n) is 3.19. The minimum atomic E-state index is -1.01. The number of rotatable bonds is 3. The van der Waals surface area contributed by atoms with Crippen molar-refractivity contribution >= 4 is 35.2 Å². The lowest BCUT2D eigenvalue weighted by Crippen LogP contribution is -2.08. The summed E-state index contributed by atoms with van der Waals surface area (Å²) in [5.74, 6) is -1.02. The van der Waals surface area contributed by atoms with Gasteiger partial charge in [0.05, 0.1) is 16.6 Å². The summed E-state index contributed by atoms with van der Waals surface area (Å²) in [6, 6.07) is 6.24. The molecule has 0 saturated heterocycles. The summed E-state index contributed by atoms with van der Waals surface area (Å²) < 4.78 is 1.75. The average molecular weight is 268 g/mol. The maximum absolute atomic E-state index is 10.8. The predicted molar refractivity (Wildman–Crippen MR) is 67.2 cm³/mol. The number of carboxylic acids is 1. The number of thiazole rings is 1. The lowest BCUT2D eigenvalue weighted by atomic mass is 10.2. The Morgan fingerprint density at radius 1 is 1.47 bits per heavy atom. The molecule has 2 aromatic rings. The molecule has 0 aliphatic heterocycles. The number of nitrogens with zero attached hydrogens (tertiary/aromatic N) is 1. The molecule has 0 fully saturated rings. The number of carbonyl (C=O) groups is 1. The third-order valence-electron chi connectivity index (χ3n) is 2.03. The molecule has 7 heteroatoms. The molecule has 17 heavy (non-hydrogen) atoms. The van der Waals surface area contributed by atoms with Crippen LogP contribution in [0.1, 0.15) is 10.4 Å². The van der Waals surface area contributed by atoms with E-state index in [0.29, 0.717) is 9.64 Å². The van der Waals surface area contributed by atoms with E-state index in [-0.39, 0.29) is 11.4 Å². The van der Waals surface area contributed by atoms with Crippen molar-refractivity contribution in [3.8, 4) is 5.88 Å². The van der Waals surface area contributed by atoms with E-state index in [1.54, 1.807) is 12.1 Å². The van der Waals surface area contributed by atoms with Crippen LogP contribution in [-0.4, -0.2) is 20.9 Å². The Bertz CT molecular complexity index is 618. The highest BCUT2D eigenvalue weighted by molar-refractivity contribution is 7.73. The fourth-order valence-corrected chi connectivity index (χ4v) is 2.10. The van der Waals surface area contributed by atoms with E-state index < -0.39 is 5.97 Å². The van der Waals surface area contributed by atoms with Gasteiger partial charge in [0.2, 0.25) is 5.88 Å². The van der Waals surface area contributed by atoms with Crippen molar-refractivity contribution in [3.63, 3.8) is 0 Å². The SMILES string of the molecule is O=C(O)c1cccc(Nn2c(O)csc2=S)c1. The van der Waals surface area contributed by atoms with Crippen LogP contribution < -0.4 is 5.43 Å². The van der Waals surface area contributed by atoms with Gasteiger partial charge in [0.1, 0.15) is 0 Å². The average Bonchev–Trinajstić information content (AvgIpc) is 2.61. The molecular weight excluding hydrogens is 260 g/mol. The number of aromatic hydroxyl groups is 1. The fraction of sp³-hybridized carbons (Fsp3) is 0. The van der Waals surface area contributed by atoms with Crippen molar-refractivity contribution in [1.29, 1.82) is 0 Å². The summed E-state index contributed by atoms with van der Waals surface area (Å²) in [6.07, 6.45) is 0. The monoisotopic (exact) mass is 268 g/mol. The first-order valence-electron chi connectivity index (χ1n) is 4.58. The molecule has 88 valence electrons. The molecule has 3 N–H and O–H groups in total. The Labute approximate surface area is 106 Å². The Balaban J connectivity index is 2.34. The number of carboxylic acid groups (broad SMARTS) is 1. The van der Waals surface area contributed by atoms with Crippen molar-refractivity contribution in [2.24, 2.45) is 0 Å². The number of benzene rings is 1. The minimum Gasteiger partial charge on any atom is -0.493 e. The van der Waals surface area contributed by atoms with Gasteiger partial charge in [-0.2, -0.15) is 0 Å². The Morgan fingerprint density at radius 3 is 2.82 bits per heavy atom. The van der Waals surface area contributed by atoms with E-state index in [9.17, 15) is 9.90 Å². The molecular formula is C10H8N2O3S2. The molecule has 0 unspecified atom stereocenters. The molecule has 0 aliphatic rings. The normalized spacial score (nSPS) is 10.1. The molecule has 0 amide bonds. The predicted octanol–water partition coefficient (Wildman–Crippen LogP) is 2.56. The van der Waals surface area contributed by atoms with Crippen LogP contribution in [0.15, 0.2) is 29.6 Å². The van der Waals surface area contributed by atoms with Crippen molar-refractivity contribution < 1.29 is 15.0 Å². The molecule has 1 heterocycles. The molecule has 0 saturated carbocycles. The van der Waals surface area contributed by atoms with Gasteiger partial charge in [-0.1, -0.05) is 6.07 Å². The standard InChI is InChI=1S/C10H8N2O3S2/c13-8-5-17-10(16)12(8)11-7-3-1-2-6(4-7)9(14)15/h1-5,11,13H,(H,14,15). The van der Waals surface area contributed by atoms with Crippen molar-refractivity contribution in [3.05, 3.63) is 39.2 Å². The molecule has 0 radical (unpaired) electrons. The second kappa shape index (κ2) is 4.56. The van der Waals surface area contributed by atoms with E-state index in [1.165, 1.54) is 33.5 Å². The summed E-state index contributed by atoms with van der Waals surface area (Å²) in [7, 11) is 0. The molecule has 0 atom stereocenters. The third-order valence-corrected chi connectivity index (χ3v) is 3.21. The lowest BCUT2D eigenvalue weighted by Gasteiger charge is -2.08. The Kier molecular flexibility index (Phi) is 3.12. The zero-order chi connectivity index (χ0) is 12.4. The zero-order valence-electron chi connectivity index (χ0n) is 8.45. The highest BCUT2D eigenvalue weighted by Crippen LogP contribution is 2.19. The molecule has 0 spiro atoms. The van der Waals surface area contributed by atoms with Gasteiger partial charge in [0.25, 0.3) is 0 Å². The quantitative estimate of drug-likeness (QED) is 0.746. The van der Waals surface area contributed by atoms with Crippen molar-refractivity contribution in [1.82, 2.24) is 4.68 Å². The van der Waals surface area contributed by atoms with Gasteiger partial charge in [-0.25, -0.2) is 9.47 Å². The summed E-state index contributed by atoms with van der Waals surface area (Å²) in [6.45, 7) is 0. The summed E-state index contributed by atoms with van der Waals surface area (Å²) in [4.78, 5) is 10.8. The fourth-order valence-electron chi connectivity index (χ4n) is 1.26. The number of hydrogen-bond acceptors (Lipinski definition) is 5. The minimum absolute atomic E-state index is 0.0132. The van der Waals surface area contributed by atoms with Gasteiger partial charge < -0.3 is 10.2 Å².